The maximum Gasteiger partial charge on any atom is 0.326 e. The van der Waals surface area contributed by atoms with E-state index in [1.165, 1.54) is 17.8 Å². The lowest BCUT2D eigenvalue weighted by Crippen LogP contribution is -2.42. The molecule has 4 rings (SSSR count). The van der Waals surface area contributed by atoms with Gasteiger partial charge >= 0.3 is 5.97 Å². The van der Waals surface area contributed by atoms with Gasteiger partial charge in [-0.15, -0.1) is 0 Å². The Morgan fingerprint density at radius 3 is 2.94 bits per heavy atom. The molecule has 3 heterocycles. The number of aromatic nitrogens is 2. The number of hydrogen-bond donors (Lipinski definition) is 4. The topological polar surface area (TPSA) is 134 Å². The van der Waals surface area contributed by atoms with Gasteiger partial charge in [0.05, 0.1) is 11.7 Å². The highest BCUT2D eigenvalue weighted by molar-refractivity contribution is 9.10. The van der Waals surface area contributed by atoms with Crippen LogP contribution in [-0.2, 0) is 22.4 Å². The number of carboxylic acids is 1. The Hall–Kier alpha value is -2.72. The first-order valence-corrected chi connectivity index (χ1v) is 12.4. The number of aryl methyl sites for hydroxylation is 2. The molecule has 9 nitrogen and oxygen atoms in total. The van der Waals surface area contributed by atoms with E-state index in [0.29, 0.717) is 10.4 Å². The summed E-state index contributed by atoms with van der Waals surface area (Å²) >= 11 is 3.18. The summed E-state index contributed by atoms with van der Waals surface area (Å²) in [7, 11) is 0. The van der Waals surface area contributed by atoms with Gasteiger partial charge in [0, 0.05) is 42.0 Å². The molecule has 1 atom stereocenters. The summed E-state index contributed by atoms with van der Waals surface area (Å²) in [5.41, 5.74) is 2.53. The Bertz CT molecular complexity index is 1040. The van der Waals surface area contributed by atoms with Crippen LogP contribution >= 0.6 is 15.9 Å². The molecule has 34 heavy (non-hydrogen) atoms. The second kappa shape index (κ2) is 11.1. The molecule has 1 aliphatic carbocycles. The predicted octanol–water partition coefficient (Wildman–Crippen LogP) is 3.30. The minimum absolute atomic E-state index is 0.116. The summed E-state index contributed by atoms with van der Waals surface area (Å²) in [5.74, 6) is -0.437. The molecule has 0 bridgehead atoms. The van der Waals surface area contributed by atoms with Gasteiger partial charge in [-0.25, -0.2) is 14.8 Å². The zero-order chi connectivity index (χ0) is 24.1. The number of carboxylic acid groups (broad SMARTS) is 1. The third-order valence-corrected chi connectivity index (χ3v) is 7.03. The van der Waals surface area contributed by atoms with Crippen LogP contribution in [0.15, 0.2) is 28.9 Å². The molecule has 0 unspecified atom stereocenters. The Morgan fingerprint density at radius 2 is 2.15 bits per heavy atom. The predicted molar refractivity (Wildman–Crippen MR) is 129 cm³/mol. The van der Waals surface area contributed by atoms with Crippen molar-refractivity contribution >= 4 is 33.6 Å². The van der Waals surface area contributed by atoms with Gasteiger partial charge in [-0.1, -0.05) is 6.07 Å². The van der Waals surface area contributed by atoms with E-state index in [-0.39, 0.29) is 30.6 Å². The van der Waals surface area contributed by atoms with Crippen LogP contribution in [0.25, 0.3) is 0 Å². The molecule has 0 radical (unpaired) electrons. The van der Waals surface area contributed by atoms with E-state index < -0.39 is 17.9 Å². The van der Waals surface area contributed by atoms with Gasteiger partial charge in [-0.05, 0) is 72.0 Å². The minimum atomic E-state index is -1.13. The molecule has 0 aromatic carbocycles. The average Bonchev–Trinajstić information content (AvgIpc) is 2.80. The van der Waals surface area contributed by atoms with Crippen LogP contribution < -0.4 is 10.6 Å². The number of pyridine rings is 2. The molecular formula is C24H29BrN4O5. The van der Waals surface area contributed by atoms with Crippen molar-refractivity contribution in [3.05, 3.63) is 45.7 Å². The van der Waals surface area contributed by atoms with Gasteiger partial charge in [0.15, 0.2) is 0 Å². The molecule has 182 valence electrons. The number of fused-ring (bicyclic) bond motifs is 1. The van der Waals surface area contributed by atoms with Crippen LogP contribution in [0.3, 0.4) is 0 Å². The zero-order valence-electron chi connectivity index (χ0n) is 18.8. The van der Waals surface area contributed by atoms with Crippen molar-refractivity contribution in [2.45, 2.75) is 57.1 Å². The number of rotatable bonds is 10. The second-order valence-electron chi connectivity index (χ2n) is 8.88. The van der Waals surface area contributed by atoms with E-state index in [1.54, 1.807) is 0 Å². The van der Waals surface area contributed by atoms with Gasteiger partial charge in [0.1, 0.15) is 11.9 Å². The summed E-state index contributed by atoms with van der Waals surface area (Å²) in [5, 5.41) is 24.8. The molecule has 0 spiro atoms. The van der Waals surface area contributed by atoms with Crippen molar-refractivity contribution in [2.75, 3.05) is 18.5 Å². The molecule has 2 aromatic heterocycles. The molecule has 1 fully saturated rings. The molecule has 1 saturated carbocycles. The van der Waals surface area contributed by atoms with Gasteiger partial charge < -0.3 is 25.6 Å². The van der Waals surface area contributed by atoms with Crippen LogP contribution in [-0.4, -0.2) is 57.4 Å². The maximum absolute atomic E-state index is 12.4. The fraction of sp³-hybridized carbons (Fsp3) is 0.500. The molecule has 2 aromatic rings. The number of carbonyl (C=O) groups is 2. The molecule has 4 N–H and O–H groups in total. The zero-order valence-corrected chi connectivity index (χ0v) is 20.4. The van der Waals surface area contributed by atoms with Gasteiger partial charge in [-0.3, -0.25) is 4.79 Å². The molecule has 10 heteroatoms. The van der Waals surface area contributed by atoms with Crippen molar-refractivity contribution in [3.63, 3.8) is 0 Å². The first-order valence-electron chi connectivity index (χ1n) is 11.6. The van der Waals surface area contributed by atoms with Gasteiger partial charge in [0.25, 0.3) is 5.91 Å². The third-order valence-electron chi connectivity index (χ3n) is 6.40. The number of aliphatic carboxylic acids is 1. The lowest BCUT2D eigenvalue weighted by Gasteiger charge is -2.35. The monoisotopic (exact) mass is 532 g/mol. The standard InChI is InChI=1S/C24H29BrN4O5/c25-19-13-27-21(30)12-18(19)23(31)29-20(24(32)33)7-9-34-17-10-14(11-17)3-5-16-6-4-15-2-1-8-26-22(15)28-16/h4,6,12-14,17,20H,1-3,5,7-11H2,(H,26,28)(H,27,30)(H,29,31)(H,32,33)/t14?,17?,20-/m0/s1. The normalized spacial score (nSPS) is 19.9. The van der Waals surface area contributed by atoms with Gasteiger partial charge in [-0.2, -0.15) is 0 Å². The highest BCUT2D eigenvalue weighted by atomic mass is 79.9. The van der Waals surface area contributed by atoms with Crippen molar-refractivity contribution < 1.29 is 24.5 Å². The van der Waals surface area contributed by atoms with Crippen molar-refractivity contribution in [2.24, 2.45) is 5.92 Å². The fourth-order valence-electron chi connectivity index (χ4n) is 4.35. The average molecular weight is 533 g/mol. The quantitative estimate of drug-likeness (QED) is 0.366. The van der Waals surface area contributed by atoms with Crippen molar-refractivity contribution in [1.82, 2.24) is 15.3 Å². The Labute approximate surface area is 206 Å². The van der Waals surface area contributed by atoms with Crippen molar-refractivity contribution in [3.8, 4) is 5.88 Å². The SMILES string of the molecule is O=C(N[C@@H](CCOC1CC(CCc2ccc3c(n2)NCCC3)C1)C(=O)O)c1cc(O)ncc1Br. The molecule has 2 aliphatic rings. The Balaban J connectivity index is 1.16. The number of nitrogens with zero attached hydrogens (tertiary/aromatic N) is 2. The fourth-order valence-corrected chi connectivity index (χ4v) is 4.75. The summed E-state index contributed by atoms with van der Waals surface area (Å²) < 4.78 is 6.21. The maximum atomic E-state index is 12.4. The Kier molecular flexibility index (Phi) is 7.99. The number of amides is 1. The third kappa shape index (κ3) is 6.24. The summed E-state index contributed by atoms with van der Waals surface area (Å²) in [6, 6.07) is 4.41. The van der Waals surface area contributed by atoms with E-state index >= 15 is 0 Å². The highest BCUT2D eigenvalue weighted by Gasteiger charge is 2.30. The van der Waals surface area contributed by atoms with Crippen LogP contribution in [0.5, 0.6) is 5.88 Å². The number of anilines is 1. The molecule has 0 saturated heterocycles. The number of halogens is 1. The van der Waals surface area contributed by atoms with Crippen LogP contribution in [0.1, 0.15) is 53.7 Å². The van der Waals surface area contributed by atoms with E-state index in [2.05, 4.69) is 43.7 Å². The Morgan fingerprint density at radius 1 is 1.32 bits per heavy atom. The largest absolute Gasteiger partial charge is 0.493 e. The first-order chi connectivity index (χ1) is 16.4. The van der Waals surface area contributed by atoms with Crippen LogP contribution in [0, 0.1) is 5.92 Å². The smallest absolute Gasteiger partial charge is 0.326 e. The van der Waals surface area contributed by atoms with E-state index in [4.69, 9.17) is 9.72 Å². The second-order valence-corrected chi connectivity index (χ2v) is 9.74. The summed E-state index contributed by atoms with van der Waals surface area (Å²) in [6.45, 7) is 1.23. The lowest BCUT2D eigenvalue weighted by molar-refractivity contribution is -0.140. The molecule has 1 aliphatic heterocycles. The summed E-state index contributed by atoms with van der Waals surface area (Å²) in [6.07, 6.45) is 7.73. The highest BCUT2D eigenvalue weighted by Crippen LogP contribution is 2.34. The number of ether oxygens (including phenoxy) is 1. The first kappa shape index (κ1) is 24.4. The van der Waals surface area contributed by atoms with Crippen molar-refractivity contribution in [1.29, 1.82) is 0 Å². The number of hydrogen-bond acceptors (Lipinski definition) is 7. The summed E-state index contributed by atoms with van der Waals surface area (Å²) in [4.78, 5) is 32.4. The van der Waals surface area contributed by atoms with Crippen LogP contribution in [0.4, 0.5) is 5.82 Å². The molecule has 1 amide bonds. The lowest BCUT2D eigenvalue weighted by atomic mass is 9.79. The van der Waals surface area contributed by atoms with E-state index in [1.807, 2.05) is 0 Å². The van der Waals surface area contributed by atoms with E-state index in [0.717, 1.165) is 56.6 Å². The minimum Gasteiger partial charge on any atom is -0.493 e. The number of carbonyl (C=O) groups excluding carboxylic acids is 1. The van der Waals surface area contributed by atoms with Crippen LogP contribution in [0.2, 0.25) is 0 Å². The van der Waals surface area contributed by atoms with Gasteiger partial charge in [0.2, 0.25) is 5.88 Å². The molecular weight excluding hydrogens is 504 g/mol. The number of aromatic hydroxyl groups is 1. The van der Waals surface area contributed by atoms with E-state index in [9.17, 15) is 19.8 Å². The number of nitrogens with one attached hydrogen (secondary N) is 2.